The number of aromatic nitrogens is 2. The first-order valence-electron chi connectivity index (χ1n) is 6.67. The molecule has 0 saturated heterocycles. The van der Waals surface area contributed by atoms with E-state index >= 15 is 0 Å². The summed E-state index contributed by atoms with van der Waals surface area (Å²) < 4.78 is 1.63. The first-order valence-corrected chi connectivity index (χ1v) is 6.67. The molecule has 1 aromatic rings. The zero-order chi connectivity index (χ0) is 14.0. The van der Waals surface area contributed by atoms with E-state index in [0.29, 0.717) is 18.1 Å². The molecule has 2 rings (SSSR count). The van der Waals surface area contributed by atoms with Crippen LogP contribution >= 0.6 is 0 Å². The van der Waals surface area contributed by atoms with Crippen molar-refractivity contribution in [1.82, 2.24) is 9.78 Å². The monoisotopic (exact) mass is 268 g/mol. The highest BCUT2D eigenvalue weighted by atomic mass is 16.6. The van der Waals surface area contributed by atoms with Gasteiger partial charge in [0.25, 0.3) is 0 Å². The third-order valence-electron chi connectivity index (χ3n) is 3.79. The largest absolute Gasteiger partial charge is 0.396 e. The van der Waals surface area contributed by atoms with Gasteiger partial charge in [0.15, 0.2) is 0 Å². The van der Waals surface area contributed by atoms with Crippen molar-refractivity contribution in [2.75, 3.05) is 11.9 Å². The van der Waals surface area contributed by atoms with Gasteiger partial charge in [-0.05, 0) is 26.7 Å². The minimum absolute atomic E-state index is 0.0467. The molecule has 2 N–H and O–H groups in total. The second-order valence-electron chi connectivity index (χ2n) is 4.98. The third-order valence-corrected chi connectivity index (χ3v) is 3.79. The standard InChI is InChI=1S/C12H20N4O3/c1-3-15-12(11(16(18)19)8(2)14-15)13-10-6-4-5-9(10)7-17/h9-10,13,17H,3-7H2,1-2H3. The van der Waals surface area contributed by atoms with Crippen LogP contribution in [0.1, 0.15) is 31.9 Å². The van der Waals surface area contributed by atoms with E-state index < -0.39 is 0 Å². The molecule has 106 valence electrons. The van der Waals surface area contributed by atoms with Gasteiger partial charge in [-0.15, -0.1) is 0 Å². The maximum atomic E-state index is 11.2. The molecule has 0 amide bonds. The number of nitrogens with zero attached hydrogens (tertiary/aromatic N) is 3. The van der Waals surface area contributed by atoms with E-state index in [2.05, 4.69) is 10.4 Å². The molecule has 1 aromatic heterocycles. The molecule has 2 atom stereocenters. The summed E-state index contributed by atoms with van der Waals surface area (Å²) in [5.74, 6) is 0.635. The minimum Gasteiger partial charge on any atom is -0.396 e. The SMILES string of the molecule is CCn1nc(C)c([N+](=O)[O-])c1NC1CCCC1CO. The lowest BCUT2D eigenvalue weighted by Gasteiger charge is -2.20. The first kappa shape index (κ1) is 13.8. The number of anilines is 1. The molecular weight excluding hydrogens is 248 g/mol. The van der Waals surface area contributed by atoms with E-state index in [0.717, 1.165) is 19.3 Å². The van der Waals surface area contributed by atoms with Crippen molar-refractivity contribution in [3.63, 3.8) is 0 Å². The van der Waals surface area contributed by atoms with Gasteiger partial charge in [-0.3, -0.25) is 10.1 Å². The van der Waals surface area contributed by atoms with E-state index in [4.69, 9.17) is 0 Å². The zero-order valence-corrected chi connectivity index (χ0v) is 11.3. The number of aliphatic hydroxyl groups excluding tert-OH is 1. The van der Waals surface area contributed by atoms with Gasteiger partial charge in [0.05, 0.1) is 4.92 Å². The smallest absolute Gasteiger partial charge is 0.333 e. The van der Waals surface area contributed by atoms with Crippen LogP contribution in [0, 0.1) is 23.0 Å². The second-order valence-corrected chi connectivity index (χ2v) is 4.98. The number of nitrogens with one attached hydrogen (secondary N) is 1. The van der Waals surface area contributed by atoms with E-state index in [1.165, 1.54) is 0 Å². The van der Waals surface area contributed by atoms with Gasteiger partial charge in [-0.2, -0.15) is 5.10 Å². The molecule has 0 aliphatic heterocycles. The summed E-state index contributed by atoms with van der Waals surface area (Å²) in [5.41, 5.74) is 0.471. The lowest BCUT2D eigenvalue weighted by molar-refractivity contribution is -0.384. The second kappa shape index (κ2) is 5.56. The molecule has 1 heterocycles. The van der Waals surface area contributed by atoms with Crippen LogP contribution in [0.15, 0.2) is 0 Å². The Hall–Kier alpha value is -1.63. The van der Waals surface area contributed by atoms with E-state index in [1.807, 2.05) is 6.92 Å². The Bertz CT molecular complexity index is 472. The fourth-order valence-corrected chi connectivity index (χ4v) is 2.78. The lowest BCUT2D eigenvalue weighted by atomic mass is 10.1. The van der Waals surface area contributed by atoms with Gasteiger partial charge >= 0.3 is 5.69 Å². The zero-order valence-electron chi connectivity index (χ0n) is 11.3. The normalized spacial score (nSPS) is 22.7. The van der Waals surface area contributed by atoms with Crippen LogP contribution in [0.2, 0.25) is 0 Å². The summed E-state index contributed by atoms with van der Waals surface area (Å²) in [7, 11) is 0. The predicted molar refractivity (Wildman–Crippen MR) is 71.1 cm³/mol. The molecule has 0 radical (unpaired) electrons. The molecule has 19 heavy (non-hydrogen) atoms. The number of hydrogen-bond donors (Lipinski definition) is 2. The first-order chi connectivity index (χ1) is 9.08. The van der Waals surface area contributed by atoms with Crippen molar-refractivity contribution in [1.29, 1.82) is 0 Å². The Morgan fingerprint density at radius 1 is 1.58 bits per heavy atom. The van der Waals surface area contributed by atoms with Gasteiger partial charge in [-0.1, -0.05) is 6.42 Å². The molecule has 1 aliphatic rings. The Morgan fingerprint density at radius 3 is 2.89 bits per heavy atom. The quantitative estimate of drug-likeness (QED) is 0.626. The Morgan fingerprint density at radius 2 is 2.32 bits per heavy atom. The van der Waals surface area contributed by atoms with Crippen molar-refractivity contribution in [3.8, 4) is 0 Å². The highest BCUT2D eigenvalue weighted by molar-refractivity contribution is 5.60. The summed E-state index contributed by atoms with van der Waals surface area (Å²) in [6.07, 6.45) is 2.92. The molecule has 0 bridgehead atoms. The number of nitro groups is 1. The summed E-state index contributed by atoms with van der Waals surface area (Å²) in [4.78, 5) is 10.8. The molecule has 7 heteroatoms. The summed E-state index contributed by atoms with van der Waals surface area (Å²) in [6.45, 7) is 4.24. The highest BCUT2D eigenvalue weighted by Gasteiger charge is 2.31. The number of rotatable bonds is 5. The molecule has 1 aliphatic carbocycles. The molecule has 2 unspecified atom stereocenters. The average Bonchev–Trinajstić information content (AvgIpc) is 2.93. The highest BCUT2D eigenvalue weighted by Crippen LogP contribution is 2.33. The van der Waals surface area contributed by atoms with Crippen LogP contribution in [-0.4, -0.2) is 32.5 Å². The number of aliphatic hydroxyl groups is 1. The third kappa shape index (κ3) is 2.56. The number of hydrogen-bond acceptors (Lipinski definition) is 5. The maximum absolute atomic E-state index is 11.2. The van der Waals surface area contributed by atoms with Crippen molar-refractivity contribution in [2.45, 2.75) is 45.7 Å². The Labute approximate surface area is 111 Å². The molecule has 7 nitrogen and oxygen atoms in total. The Balaban J connectivity index is 2.30. The van der Waals surface area contributed by atoms with Gasteiger partial charge in [0.1, 0.15) is 5.69 Å². The van der Waals surface area contributed by atoms with Crippen molar-refractivity contribution in [3.05, 3.63) is 15.8 Å². The summed E-state index contributed by atoms with van der Waals surface area (Å²) in [6, 6.07) is 0.0881. The summed E-state index contributed by atoms with van der Waals surface area (Å²) >= 11 is 0. The lowest BCUT2D eigenvalue weighted by Crippen LogP contribution is -2.28. The van der Waals surface area contributed by atoms with Crippen LogP contribution < -0.4 is 5.32 Å². The van der Waals surface area contributed by atoms with Crippen molar-refractivity contribution in [2.24, 2.45) is 5.92 Å². The van der Waals surface area contributed by atoms with Crippen LogP contribution in [0.25, 0.3) is 0 Å². The van der Waals surface area contributed by atoms with E-state index in [1.54, 1.807) is 11.6 Å². The molecular formula is C12H20N4O3. The maximum Gasteiger partial charge on any atom is 0.333 e. The molecule has 0 aromatic carbocycles. The van der Waals surface area contributed by atoms with Crippen LogP contribution in [0.3, 0.4) is 0 Å². The number of aryl methyl sites for hydroxylation is 2. The summed E-state index contributed by atoms with van der Waals surface area (Å²) in [5, 5.41) is 27.9. The van der Waals surface area contributed by atoms with Gasteiger partial charge < -0.3 is 10.4 Å². The predicted octanol–water partition coefficient (Wildman–Crippen LogP) is 1.69. The van der Waals surface area contributed by atoms with Gasteiger partial charge in [-0.25, -0.2) is 4.68 Å². The fraction of sp³-hybridized carbons (Fsp3) is 0.750. The van der Waals surface area contributed by atoms with E-state index in [-0.39, 0.29) is 29.2 Å². The Kier molecular flexibility index (Phi) is 4.04. The molecule has 0 spiro atoms. The van der Waals surface area contributed by atoms with Crippen LogP contribution in [-0.2, 0) is 6.54 Å². The van der Waals surface area contributed by atoms with Gasteiger partial charge in [0.2, 0.25) is 5.82 Å². The topological polar surface area (TPSA) is 93.2 Å². The van der Waals surface area contributed by atoms with Crippen LogP contribution in [0.5, 0.6) is 0 Å². The fourth-order valence-electron chi connectivity index (χ4n) is 2.78. The van der Waals surface area contributed by atoms with Crippen LogP contribution in [0.4, 0.5) is 11.5 Å². The van der Waals surface area contributed by atoms with Crippen molar-refractivity contribution < 1.29 is 10.0 Å². The molecule has 1 saturated carbocycles. The van der Waals surface area contributed by atoms with E-state index in [9.17, 15) is 15.2 Å². The van der Waals surface area contributed by atoms with Crippen molar-refractivity contribution >= 4 is 11.5 Å². The average molecular weight is 268 g/mol. The minimum atomic E-state index is -0.389. The van der Waals surface area contributed by atoms with Gasteiger partial charge in [0, 0.05) is 25.1 Å². The molecule has 1 fully saturated rings.